The molecular weight excluding hydrogens is 343 g/mol. The highest BCUT2D eigenvalue weighted by molar-refractivity contribution is 5.84. The summed E-state index contributed by atoms with van der Waals surface area (Å²) in [6, 6.07) is 10.5. The van der Waals surface area contributed by atoms with Gasteiger partial charge < -0.3 is 0 Å². The third-order valence-corrected chi connectivity index (χ3v) is 7.62. The Morgan fingerprint density at radius 3 is 2.25 bits per heavy atom. The van der Waals surface area contributed by atoms with Gasteiger partial charge in [0, 0.05) is 5.39 Å². The fourth-order valence-corrected chi connectivity index (χ4v) is 5.87. The van der Waals surface area contributed by atoms with Crippen molar-refractivity contribution in [3.8, 4) is 0 Å². The maximum atomic E-state index is 15.3. The topological polar surface area (TPSA) is 0 Å². The van der Waals surface area contributed by atoms with Crippen LogP contribution in [0.4, 0.5) is 4.39 Å². The first-order chi connectivity index (χ1) is 13.7. The van der Waals surface area contributed by atoms with Crippen LogP contribution in [0.5, 0.6) is 0 Å². The van der Waals surface area contributed by atoms with Gasteiger partial charge in [-0.1, -0.05) is 49.8 Å². The Morgan fingerprint density at radius 2 is 1.61 bits per heavy atom. The average Bonchev–Trinajstić information content (AvgIpc) is 2.74. The molecule has 0 spiro atoms. The molecule has 2 aliphatic rings. The van der Waals surface area contributed by atoms with Crippen LogP contribution in [0, 0.1) is 23.6 Å². The predicted molar refractivity (Wildman–Crippen MR) is 118 cm³/mol. The van der Waals surface area contributed by atoms with Crippen LogP contribution in [0.1, 0.15) is 81.8 Å². The molecule has 0 heterocycles. The minimum absolute atomic E-state index is 0.0375. The lowest BCUT2D eigenvalue weighted by atomic mass is 9.68. The van der Waals surface area contributed by atoms with Gasteiger partial charge in [0.2, 0.25) is 0 Å². The van der Waals surface area contributed by atoms with E-state index in [1.54, 1.807) is 0 Å². The summed E-state index contributed by atoms with van der Waals surface area (Å²) in [5, 5.41) is 1.86. The molecule has 150 valence electrons. The molecule has 0 atom stereocenters. The van der Waals surface area contributed by atoms with Crippen LogP contribution in [-0.4, -0.2) is 0 Å². The molecule has 2 aliphatic carbocycles. The van der Waals surface area contributed by atoms with Gasteiger partial charge in [-0.15, -0.1) is 6.58 Å². The monoisotopic (exact) mass is 378 g/mol. The second kappa shape index (κ2) is 8.80. The summed E-state index contributed by atoms with van der Waals surface area (Å²) in [5.74, 6) is 2.95. The molecule has 4 rings (SSSR count). The molecule has 0 saturated heterocycles. The first kappa shape index (κ1) is 19.7. The fourth-order valence-electron chi connectivity index (χ4n) is 5.87. The highest BCUT2D eigenvalue weighted by Crippen LogP contribution is 2.45. The maximum Gasteiger partial charge on any atom is 0.134 e. The molecular formula is C27H35F. The number of allylic oxidation sites excluding steroid dienone is 1. The number of benzene rings is 2. The summed E-state index contributed by atoms with van der Waals surface area (Å²) in [4.78, 5) is 0. The lowest BCUT2D eigenvalue weighted by Crippen LogP contribution is -2.25. The van der Waals surface area contributed by atoms with Crippen molar-refractivity contribution in [3.63, 3.8) is 0 Å². The normalized spacial score (nSPS) is 28.4. The quantitative estimate of drug-likeness (QED) is 0.460. The van der Waals surface area contributed by atoms with E-state index in [-0.39, 0.29) is 5.82 Å². The van der Waals surface area contributed by atoms with E-state index < -0.39 is 0 Å². The van der Waals surface area contributed by atoms with Crippen molar-refractivity contribution in [1.29, 1.82) is 0 Å². The molecule has 2 aromatic carbocycles. The van der Waals surface area contributed by atoms with Crippen molar-refractivity contribution in [1.82, 2.24) is 0 Å². The van der Waals surface area contributed by atoms with E-state index in [1.807, 2.05) is 6.07 Å². The van der Waals surface area contributed by atoms with Crippen LogP contribution < -0.4 is 0 Å². The zero-order valence-corrected chi connectivity index (χ0v) is 17.4. The van der Waals surface area contributed by atoms with Crippen LogP contribution in [0.25, 0.3) is 10.8 Å². The van der Waals surface area contributed by atoms with Crippen molar-refractivity contribution in [2.75, 3.05) is 0 Å². The molecule has 2 aromatic rings. The van der Waals surface area contributed by atoms with Crippen LogP contribution >= 0.6 is 0 Å². The molecule has 28 heavy (non-hydrogen) atoms. The van der Waals surface area contributed by atoms with E-state index in [1.165, 1.54) is 44.1 Å². The Morgan fingerprint density at radius 1 is 0.929 bits per heavy atom. The summed E-state index contributed by atoms with van der Waals surface area (Å²) in [6.45, 7) is 6.16. The third-order valence-electron chi connectivity index (χ3n) is 7.62. The molecule has 0 radical (unpaired) electrons. The van der Waals surface area contributed by atoms with Crippen LogP contribution in [-0.2, 0) is 6.42 Å². The molecule has 0 N–H and O–H groups in total. The maximum absolute atomic E-state index is 15.3. The second-order valence-corrected chi connectivity index (χ2v) is 9.30. The lowest BCUT2D eigenvalue weighted by molar-refractivity contribution is 0.171. The fraction of sp³-hybridized carbons (Fsp3) is 0.556. The Bertz CT molecular complexity index is 804. The summed E-state index contributed by atoms with van der Waals surface area (Å²) >= 11 is 0. The number of aryl methyl sites for hydroxylation is 1. The summed E-state index contributed by atoms with van der Waals surface area (Å²) in [6.07, 6.45) is 14.6. The summed E-state index contributed by atoms with van der Waals surface area (Å²) < 4.78 is 15.3. The van der Waals surface area contributed by atoms with Crippen molar-refractivity contribution >= 4 is 10.8 Å². The lowest BCUT2D eigenvalue weighted by Gasteiger charge is -2.37. The third kappa shape index (κ3) is 4.04. The predicted octanol–water partition coefficient (Wildman–Crippen LogP) is 8.20. The Kier molecular flexibility index (Phi) is 6.19. The smallest absolute Gasteiger partial charge is 0.134 e. The van der Waals surface area contributed by atoms with Crippen molar-refractivity contribution in [3.05, 3.63) is 59.9 Å². The van der Waals surface area contributed by atoms with Gasteiger partial charge in [-0.3, -0.25) is 0 Å². The minimum Gasteiger partial charge on any atom is -0.206 e. The largest absolute Gasteiger partial charge is 0.206 e. The average molecular weight is 379 g/mol. The number of hydrogen-bond donors (Lipinski definition) is 0. The van der Waals surface area contributed by atoms with Crippen molar-refractivity contribution < 1.29 is 4.39 Å². The van der Waals surface area contributed by atoms with Crippen LogP contribution in [0.15, 0.2) is 43.0 Å². The Hall–Kier alpha value is -1.63. The van der Waals surface area contributed by atoms with Gasteiger partial charge in [0.25, 0.3) is 0 Å². The zero-order valence-electron chi connectivity index (χ0n) is 17.4. The van der Waals surface area contributed by atoms with Gasteiger partial charge in [0.1, 0.15) is 5.82 Å². The van der Waals surface area contributed by atoms with Gasteiger partial charge in [0.15, 0.2) is 0 Å². The molecule has 2 saturated carbocycles. The van der Waals surface area contributed by atoms with E-state index in [4.69, 9.17) is 0 Å². The molecule has 0 nitrogen and oxygen atoms in total. The number of fused-ring (bicyclic) bond motifs is 1. The van der Waals surface area contributed by atoms with Crippen LogP contribution in [0.3, 0.4) is 0 Å². The number of rotatable bonds is 5. The molecule has 0 bridgehead atoms. The zero-order chi connectivity index (χ0) is 19.5. The van der Waals surface area contributed by atoms with Gasteiger partial charge >= 0.3 is 0 Å². The van der Waals surface area contributed by atoms with Gasteiger partial charge in [-0.2, -0.15) is 0 Å². The molecule has 0 amide bonds. The molecule has 0 unspecified atom stereocenters. The first-order valence-corrected chi connectivity index (χ1v) is 11.5. The number of hydrogen-bond acceptors (Lipinski definition) is 0. The van der Waals surface area contributed by atoms with E-state index in [0.717, 1.165) is 59.8 Å². The van der Waals surface area contributed by atoms with Gasteiger partial charge in [0.05, 0.1) is 0 Å². The highest BCUT2D eigenvalue weighted by atomic mass is 19.1. The first-order valence-electron chi connectivity index (χ1n) is 11.5. The Balaban J connectivity index is 1.43. The summed E-state index contributed by atoms with van der Waals surface area (Å²) in [5.41, 5.74) is 2.28. The molecule has 0 aromatic heterocycles. The second-order valence-electron chi connectivity index (χ2n) is 9.30. The minimum atomic E-state index is 0.0375. The molecule has 0 aliphatic heterocycles. The van der Waals surface area contributed by atoms with Crippen LogP contribution in [0.2, 0.25) is 0 Å². The highest BCUT2D eigenvalue weighted by Gasteiger charge is 2.31. The molecule has 2 fully saturated rings. The van der Waals surface area contributed by atoms with Gasteiger partial charge in [-0.25, -0.2) is 4.39 Å². The SMILES string of the molecule is C=CC1CCC(C2CCC(c3ccc4cc(CCC)ccc4c3F)CC2)CC1. The van der Waals surface area contributed by atoms with E-state index in [9.17, 15) is 0 Å². The van der Waals surface area contributed by atoms with E-state index in [0.29, 0.717) is 5.92 Å². The van der Waals surface area contributed by atoms with Gasteiger partial charge in [-0.05, 0) is 98.0 Å². The Labute approximate surface area is 170 Å². The summed E-state index contributed by atoms with van der Waals surface area (Å²) in [7, 11) is 0. The van der Waals surface area contributed by atoms with E-state index in [2.05, 4.69) is 43.8 Å². The van der Waals surface area contributed by atoms with E-state index >= 15 is 4.39 Å². The standard InChI is InChI=1S/C27H35F/c1-3-5-20-8-16-26-24(18-20)15-17-25(27(26)28)23-13-11-22(12-14-23)21-9-6-19(4-2)7-10-21/h4,8,15-19,21-23H,2-3,5-7,9-14H2,1H3. The molecule has 1 heteroatoms. The van der Waals surface area contributed by atoms with Crippen molar-refractivity contribution in [2.24, 2.45) is 17.8 Å². The van der Waals surface area contributed by atoms with Crippen molar-refractivity contribution in [2.45, 2.75) is 77.0 Å². The number of halogens is 1.